The normalized spacial score (nSPS) is 17.8. The van der Waals surface area contributed by atoms with Crippen molar-refractivity contribution < 1.29 is 4.74 Å². The third kappa shape index (κ3) is 3.90. The number of halogens is 2. The van der Waals surface area contributed by atoms with Gasteiger partial charge in [0.05, 0.1) is 10.0 Å². The molecular weight excluding hydrogens is 297 g/mol. The monoisotopic (exact) mass is 317 g/mol. The van der Waals surface area contributed by atoms with Crippen molar-refractivity contribution in [3.05, 3.63) is 16.1 Å². The van der Waals surface area contributed by atoms with E-state index in [4.69, 9.17) is 27.9 Å². The van der Waals surface area contributed by atoms with Gasteiger partial charge in [-0.05, 0) is 32.3 Å². The first-order valence-electron chi connectivity index (χ1n) is 7.00. The van der Waals surface area contributed by atoms with Crippen LogP contribution in [0.1, 0.15) is 33.1 Å². The van der Waals surface area contributed by atoms with Crippen LogP contribution >= 0.6 is 23.2 Å². The average molecular weight is 318 g/mol. The van der Waals surface area contributed by atoms with Crippen LogP contribution in [0.2, 0.25) is 10.0 Å². The van der Waals surface area contributed by atoms with Crippen LogP contribution in [-0.2, 0) is 4.74 Å². The quantitative estimate of drug-likeness (QED) is 0.854. The summed E-state index contributed by atoms with van der Waals surface area (Å²) < 4.78 is 5.40. The van der Waals surface area contributed by atoms with Crippen molar-refractivity contribution in [3.8, 4) is 0 Å². The molecule has 0 unspecified atom stereocenters. The predicted octanol–water partition coefficient (Wildman–Crippen LogP) is 4.19. The molecule has 0 radical (unpaired) electrons. The van der Waals surface area contributed by atoms with E-state index in [1.165, 1.54) is 0 Å². The summed E-state index contributed by atoms with van der Waals surface area (Å²) in [7, 11) is 0. The summed E-state index contributed by atoms with van der Waals surface area (Å²) in [6.45, 7) is 6.62. The van der Waals surface area contributed by atoms with Gasteiger partial charge in [0.25, 0.3) is 0 Å². The molecule has 1 saturated heterocycles. The Hall–Kier alpha value is -0.710. The minimum atomic E-state index is -0.0370. The van der Waals surface area contributed by atoms with Gasteiger partial charge in [0.2, 0.25) is 0 Å². The molecule has 0 aliphatic carbocycles. The molecule has 112 valence electrons. The topological polar surface area (TPSA) is 46.2 Å². The first-order valence-corrected chi connectivity index (χ1v) is 7.75. The predicted molar refractivity (Wildman–Crippen MR) is 85.1 cm³/mol. The van der Waals surface area contributed by atoms with Crippen LogP contribution in [0, 0.1) is 0 Å². The average Bonchev–Trinajstić information content (AvgIpc) is 2.41. The molecule has 0 atom stereocenters. The van der Waals surface area contributed by atoms with E-state index in [0.717, 1.165) is 39.0 Å². The number of aromatic nitrogens is 1. The van der Waals surface area contributed by atoms with Crippen molar-refractivity contribution in [2.45, 2.75) is 38.6 Å². The molecule has 0 bridgehead atoms. The van der Waals surface area contributed by atoms with Gasteiger partial charge in [-0.15, -0.1) is 0 Å². The van der Waals surface area contributed by atoms with Crippen LogP contribution in [0.4, 0.5) is 11.6 Å². The van der Waals surface area contributed by atoms with Crippen LogP contribution in [0.25, 0.3) is 0 Å². The fraction of sp³-hybridized carbons (Fsp3) is 0.643. The first-order chi connectivity index (χ1) is 9.54. The lowest BCUT2D eigenvalue weighted by atomic mass is 9.92. The zero-order valence-electron chi connectivity index (χ0n) is 11.9. The highest BCUT2D eigenvalue weighted by Gasteiger charge is 2.28. The highest BCUT2D eigenvalue weighted by Crippen LogP contribution is 2.33. The van der Waals surface area contributed by atoms with E-state index in [1.807, 2.05) is 0 Å². The molecule has 0 amide bonds. The summed E-state index contributed by atoms with van der Waals surface area (Å²) in [5.41, 5.74) is -0.0370. The zero-order chi connectivity index (χ0) is 14.6. The van der Waals surface area contributed by atoms with E-state index in [0.29, 0.717) is 21.7 Å². The van der Waals surface area contributed by atoms with Gasteiger partial charge in [0.1, 0.15) is 11.6 Å². The summed E-state index contributed by atoms with van der Waals surface area (Å²) in [6.07, 6.45) is 2.88. The Morgan fingerprint density at radius 3 is 2.55 bits per heavy atom. The molecule has 2 rings (SSSR count). The Morgan fingerprint density at radius 2 is 1.90 bits per heavy atom. The molecular formula is C14H21Cl2N3O. The lowest BCUT2D eigenvalue weighted by Crippen LogP contribution is -2.41. The molecule has 1 aromatic heterocycles. The van der Waals surface area contributed by atoms with Crippen LogP contribution in [-0.4, -0.2) is 30.3 Å². The second kappa shape index (κ2) is 6.83. The van der Waals surface area contributed by atoms with Gasteiger partial charge in [0.15, 0.2) is 0 Å². The number of hydrogen-bond donors (Lipinski definition) is 2. The molecule has 1 aromatic rings. The van der Waals surface area contributed by atoms with Gasteiger partial charge in [-0.25, -0.2) is 4.98 Å². The van der Waals surface area contributed by atoms with Gasteiger partial charge < -0.3 is 15.4 Å². The van der Waals surface area contributed by atoms with Crippen molar-refractivity contribution >= 4 is 34.8 Å². The second-order valence-electron chi connectivity index (χ2n) is 5.37. The Kier molecular flexibility index (Phi) is 5.35. The molecule has 2 N–H and O–H groups in total. The van der Waals surface area contributed by atoms with Crippen LogP contribution < -0.4 is 10.6 Å². The molecule has 20 heavy (non-hydrogen) atoms. The SMILES string of the molecule is CCCNc1nc(NC2(C)CCOCC2)c(Cl)cc1Cl. The Labute approximate surface area is 130 Å². The molecule has 1 aliphatic heterocycles. The van der Waals surface area contributed by atoms with Crippen LogP contribution in [0.5, 0.6) is 0 Å². The summed E-state index contributed by atoms with van der Waals surface area (Å²) in [4.78, 5) is 4.52. The van der Waals surface area contributed by atoms with Crippen molar-refractivity contribution in [1.29, 1.82) is 0 Å². The highest BCUT2D eigenvalue weighted by molar-refractivity contribution is 6.37. The Morgan fingerprint density at radius 1 is 1.25 bits per heavy atom. The molecule has 0 aromatic carbocycles. The number of rotatable bonds is 5. The minimum absolute atomic E-state index is 0.0370. The number of anilines is 2. The highest BCUT2D eigenvalue weighted by atomic mass is 35.5. The summed E-state index contributed by atoms with van der Waals surface area (Å²) in [5.74, 6) is 1.36. The molecule has 1 fully saturated rings. The van der Waals surface area contributed by atoms with E-state index in [-0.39, 0.29) is 5.54 Å². The minimum Gasteiger partial charge on any atom is -0.381 e. The Bertz CT molecular complexity index is 462. The Balaban J connectivity index is 2.17. The van der Waals surface area contributed by atoms with Crippen LogP contribution in [0.15, 0.2) is 6.07 Å². The van der Waals surface area contributed by atoms with Gasteiger partial charge in [-0.3, -0.25) is 0 Å². The van der Waals surface area contributed by atoms with Crippen molar-refractivity contribution in [2.75, 3.05) is 30.4 Å². The number of nitrogens with zero attached hydrogens (tertiary/aromatic N) is 1. The molecule has 0 spiro atoms. The maximum absolute atomic E-state index is 6.25. The fourth-order valence-corrected chi connectivity index (χ4v) is 2.63. The van der Waals surface area contributed by atoms with Gasteiger partial charge >= 0.3 is 0 Å². The smallest absolute Gasteiger partial charge is 0.147 e. The lowest BCUT2D eigenvalue weighted by molar-refractivity contribution is 0.0657. The molecule has 0 saturated carbocycles. The summed E-state index contributed by atoms with van der Waals surface area (Å²) in [6, 6.07) is 1.74. The third-order valence-electron chi connectivity index (χ3n) is 3.49. The summed E-state index contributed by atoms with van der Waals surface area (Å²) in [5, 5.41) is 7.75. The number of ether oxygens (including phenoxy) is 1. The second-order valence-corrected chi connectivity index (χ2v) is 6.19. The van der Waals surface area contributed by atoms with E-state index in [1.54, 1.807) is 6.07 Å². The zero-order valence-corrected chi connectivity index (χ0v) is 13.4. The maximum Gasteiger partial charge on any atom is 0.147 e. The van der Waals surface area contributed by atoms with Crippen molar-refractivity contribution in [3.63, 3.8) is 0 Å². The third-order valence-corrected chi connectivity index (χ3v) is 4.06. The lowest BCUT2D eigenvalue weighted by Gasteiger charge is -2.35. The van der Waals surface area contributed by atoms with Crippen molar-refractivity contribution in [1.82, 2.24) is 4.98 Å². The van der Waals surface area contributed by atoms with E-state index < -0.39 is 0 Å². The van der Waals surface area contributed by atoms with Crippen molar-refractivity contribution in [2.24, 2.45) is 0 Å². The molecule has 4 nitrogen and oxygen atoms in total. The standard InChI is InChI=1S/C14H21Cl2N3O/c1-3-6-17-12-10(15)9-11(16)13(18-12)19-14(2)4-7-20-8-5-14/h9H,3-8H2,1-2H3,(H2,17,18,19). The number of nitrogens with one attached hydrogen (secondary N) is 2. The number of pyridine rings is 1. The van der Waals surface area contributed by atoms with E-state index >= 15 is 0 Å². The van der Waals surface area contributed by atoms with Gasteiger partial charge in [-0.2, -0.15) is 0 Å². The molecule has 2 heterocycles. The largest absolute Gasteiger partial charge is 0.381 e. The van der Waals surface area contributed by atoms with E-state index in [2.05, 4.69) is 29.5 Å². The van der Waals surface area contributed by atoms with E-state index in [9.17, 15) is 0 Å². The fourth-order valence-electron chi connectivity index (χ4n) is 2.15. The van der Waals surface area contributed by atoms with Gasteiger partial charge in [-0.1, -0.05) is 30.1 Å². The van der Waals surface area contributed by atoms with Gasteiger partial charge in [0, 0.05) is 25.3 Å². The molecule has 6 heteroatoms. The summed E-state index contributed by atoms with van der Waals surface area (Å²) >= 11 is 12.4. The number of hydrogen-bond acceptors (Lipinski definition) is 4. The maximum atomic E-state index is 6.25. The first kappa shape index (κ1) is 15.7. The molecule has 1 aliphatic rings. The van der Waals surface area contributed by atoms with Crippen LogP contribution in [0.3, 0.4) is 0 Å².